The zero-order chi connectivity index (χ0) is 12.1. The lowest BCUT2D eigenvalue weighted by Gasteiger charge is -2.22. The third kappa shape index (κ3) is 2.72. The van der Waals surface area contributed by atoms with Gasteiger partial charge < -0.3 is 15.0 Å². The van der Waals surface area contributed by atoms with E-state index in [1.807, 2.05) is 0 Å². The molecule has 0 aromatic heterocycles. The first kappa shape index (κ1) is 13.0. The second-order valence-corrected chi connectivity index (χ2v) is 4.03. The molecule has 0 radical (unpaired) electrons. The SMILES string of the molecule is CCCNC1CCN(C(C)C(=O)OC)C1=O. The van der Waals surface area contributed by atoms with Crippen molar-refractivity contribution in [3.63, 3.8) is 0 Å². The molecule has 0 bridgehead atoms. The second-order valence-electron chi connectivity index (χ2n) is 4.03. The van der Waals surface area contributed by atoms with Crippen molar-refractivity contribution in [2.24, 2.45) is 0 Å². The van der Waals surface area contributed by atoms with Gasteiger partial charge in [-0.15, -0.1) is 0 Å². The second kappa shape index (κ2) is 5.84. The molecule has 0 spiro atoms. The summed E-state index contributed by atoms with van der Waals surface area (Å²) in [6, 6.07) is -0.613. The van der Waals surface area contributed by atoms with Crippen LogP contribution in [0, 0.1) is 0 Å². The maximum absolute atomic E-state index is 11.9. The van der Waals surface area contributed by atoms with Crippen molar-refractivity contribution >= 4 is 11.9 Å². The highest BCUT2D eigenvalue weighted by molar-refractivity contribution is 5.89. The molecule has 1 fully saturated rings. The minimum absolute atomic E-state index is 0.00588. The number of carbonyl (C=O) groups is 2. The van der Waals surface area contributed by atoms with Crippen LogP contribution in [0.5, 0.6) is 0 Å². The minimum Gasteiger partial charge on any atom is -0.467 e. The summed E-state index contributed by atoms with van der Waals surface area (Å²) in [6.45, 7) is 5.21. The summed E-state index contributed by atoms with van der Waals surface area (Å²) >= 11 is 0. The number of nitrogens with one attached hydrogen (secondary N) is 1. The number of methoxy groups -OCH3 is 1. The van der Waals surface area contributed by atoms with E-state index >= 15 is 0 Å². The Morgan fingerprint density at radius 3 is 2.94 bits per heavy atom. The molecule has 1 aliphatic rings. The number of amides is 1. The Balaban J connectivity index is 2.53. The molecule has 0 saturated carbocycles. The van der Waals surface area contributed by atoms with Gasteiger partial charge in [0, 0.05) is 6.54 Å². The normalized spacial score (nSPS) is 22.3. The Kier molecular flexibility index (Phi) is 4.73. The molecule has 0 aromatic carbocycles. The molecule has 1 N–H and O–H groups in total. The van der Waals surface area contributed by atoms with Crippen LogP contribution in [0.1, 0.15) is 26.7 Å². The molecule has 1 saturated heterocycles. The van der Waals surface area contributed by atoms with E-state index < -0.39 is 6.04 Å². The molecule has 16 heavy (non-hydrogen) atoms. The molecule has 1 rings (SSSR count). The number of esters is 1. The summed E-state index contributed by atoms with van der Waals surface area (Å²) in [5, 5.41) is 3.18. The predicted octanol–water partition coefficient (Wildman–Crippen LogP) is 0.148. The Labute approximate surface area is 96.1 Å². The lowest BCUT2D eigenvalue weighted by Crippen LogP contribution is -2.45. The van der Waals surface area contributed by atoms with E-state index in [9.17, 15) is 9.59 Å². The van der Waals surface area contributed by atoms with E-state index in [4.69, 9.17) is 0 Å². The summed E-state index contributed by atoms with van der Waals surface area (Å²) in [6.07, 6.45) is 1.76. The molecule has 92 valence electrons. The monoisotopic (exact) mass is 228 g/mol. The Morgan fingerprint density at radius 2 is 2.38 bits per heavy atom. The molecule has 0 aromatic rings. The fourth-order valence-electron chi connectivity index (χ4n) is 1.89. The van der Waals surface area contributed by atoms with Gasteiger partial charge in [0.25, 0.3) is 0 Å². The van der Waals surface area contributed by atoms with Crippen molar-refractivity contribution in [2.75, 3.05) is 20.2 Å². The topological polar surface area (TPSA) is 58.6 Å². The lowest BCUT2D eigenvalue weighted by atomic mass is 10.2. The average Bonchev–Trinajstić information content (AvgIpc) is 2.66. The number of ether oxygens (including phenoxy) is 1. The first-order valence-electron chi connectivity index (χ1n) is 5.73. The van der Waals surface area contributed by atoms with Crippen LogP contribution >= 0.6 is 0 Å². The maximum Gasteiger partial charge on any atom is 0.328 e. The molecule has 1 heterocycles. The van der Waals surface area contributed by atoms with E-state index in [1.54, 1.807) is 11.8 Å². The van der Waals surface area contributed by atoms with E-state index in [-0.39, 0.29) is 17.9 Å². The summed E-state index contributed by atoms with van der Waals surface area (Å²) in [5.74, 6) is -0.351. The summed E-state index contributed by atoms with van der Waals surface area (Å²) in [7, 11) is 1.34. The van der Waals surface area contributed by atoms with Gasteiger partial charge >= 0.3 is 5.97 Å². The lowest BCUT2D eigenvalue weighted by molar-refractivity contribution is -0.150. The van der Waals surface area contributed by atoms with Crippen LogP contribution in [0.3, 0.4) is 0 Å². The van der Waals surface area contributed by atoms with Gasteiger partial charge in [0.15, 0.2) is 0 Å². The number of hydrogen-bond acceptors (Lipinski definition) is 4. The number of likely N-dealkylation sites (tertiary alicyclic amines) is 1. The Bertz CT molecular complexity index is 268. The third-order valence-corrected chi connectivity index (χ3v) is 2.89. The van der Waals surface area contributed by atoms with E-state index in [1.165, 1.54) is 7.11 Å². The van der Waals surface area contributed by atoms with Gasteiger partial charge in [-0.05, 0) is 26.3 Å². The van der Waals surface area contributed by atoms with Gasteiger partial charge in [0.2, 0.25) is 5.91 Å². The molecule has 5 nitrogen and oxygen atoms in total. The van der Waals surface area contributed by atoms with Crippen LogP contribution in [0.25, 0.3) is 0 Å². The fraction of sp³-hybridized carbons (Fsp3) is 0.818. The smallest absolute Gasteiger partial charge is 0.328 e. The molecule has 5 heteroatoms. The number of nitrogens with zero attached hydrogens (tertiary/aromatic N) is 1. The van der Waals surface area contributed by atoms with Crippen LogP contribution in [0.2, 0.25) is 0 Å². The van der Waals surface area contributed by atoms with Gasteiger partial charge in [-0.1, -0.05) is 6.92 Å². The van der Waals surface area contributed by atoms with Crippen LogP contribution in [-0.2, 0) is 14.3 Å². The third-order valence-electron chi connectivity index (χ3n) is 2.89. The van der Waals surface area contributed by atoms with Gasteiger partial charge in [-0.2, -0.15) is 0 Å². The molecule has 2 unspecified atom stereocenters. The van der Waals surface area contributed by atoms with Crippen molar-refractivity contribution in [1.29, 1.82) is 0 Å². The van der Waals surface area contributed by atoms with E-state index in [0.29, 0.717) is 6.54 Å². The zero-order valence-electron chi connectivity index (χ0n) is 10.2. The van der Waals surface area contributed by atoms with Crippen LogP contribution < -0.4 is 5.32 Å². The summed E-state index contributed by atoms with van der Waals surface area (Å²) in [5.41, 5.74) is 0. The summed E-state index contributed by atoms with van der Waals surface area (Å²) < 4.78 is 4.64. The molecular weight excluding hydrogens is 208 g/mol. The summed E-state index contributed by atoms with van der Waals surface area (Å²) in [4.78, 5) is 24.8. The Morgan fingerprint density at radius 1 is 1.69 bits per heavy atom. The molecule has 1 aliphatic heterocycles. The molecular formula is C11H20N2O3. The largest absolute Gasteiger partial charge is 0.467 e. The Hall–Kier alpha value is -1.10. The van der Waals surface area contributed by atoms with Crippen LogP contribution in [0.4, 0.5) is 0 Å². The van der Waals surface area contributed by atoms with Crippen molar-refractivity contribution < 1.29 is 14.3 Å². The van der Waals surface area contributed by atoms with Crippen molar-refractivity contribution in [2.45, 2.75) is 38.8 Å². The molecule has 0 aliphatic carbocycles. The molecule has 1 amide bonds. The van der Waals surface area contributed by atoms with Gasteiger partial charge in [0.05, 0.1) is 13.2 Å². The van der Waals surface area contributed by atoms with E-state index in [2.05, 4.69) is 17.0 Å². The van der Waals surface area contributed by atoms with E-state index in [0.717, 1.165) is 19.4 Å². The van der Waals surface area contributed by atoms with Crippen LogP contribution in [0.15, 0.2) is 0 Å². The highest BCUT2D eigenvalue weighted by Crippen LogP contribution is 2.15. The van der Waals surface area contributed by atoms with Crippen molar-refractivity contribution in [1.82, 2.24) is 10.2 Å². The van der Waals surface area contributed by atoms with Gasteiger partial charge in [0.1, 0.15) is 6.04 Å². The van der Waals surface area contributed by atoms with Crippen molar-refractivity contribution in [3.8, 4) is 0 Å². The standard InChI is InChI=1S/C11H20N2O3/c1-4-6-12-9-5-7-13(10(9)14)8(2)11(15)16-3/h8-9,12H,4-7H2,1-3H3. The highest BCUT2D eigenvalue weighted by atomic mass is 16.5. The first-order chi connectivity index (χ1) is 7.61. The quantitative estimate of drug-likeness (QED) is 0.680. The first-order valence-corrected chi connectivity index (χ1v) is 5.73. The number of rotatable bonds is 5. The van der Waals surface area contributed by atoms with Gasteiger partial charge in [-0.3, -0.25) is 4.79 Å². The van der Waals surface area contributed by atoms with Crippen molar-refractivity contribution in [3.05, 3.63) is 0 Å². The average molecular weight is 228 g/mol. The fourth-order valence-corrected chi connectivity index (χ4v) is 1.89. The minimum atomic E-state index is -0.481. The van der Waals surface area contributed by atoms with Gasteiger partial charge in [-0.25, -0.2) is 4.79 Å². The maximum atomic E-state index is 11.9. The van der Waals surface area contributed by atoms with Crippen LogP contribution in [-0.4, -0.2) is 49.1 Å². The number of carbonyl (C=O) groups excluding carboxylic acids is 2. The zero-order valence-corrected chi connectivity index (χ0v) is 10.2. The highest BCUT2D eigenvalue weighted by Gasteiger charge is 2.36. The molecule has 2 atom stereocenters. The number of hydrogen-bond donors (Lipinski definition) is 1. The predicted molar refractivity (Wildman–Crippen MR) is 59.9 cm³/mol.